The van der Waals surface area contributed by atoms with Gasteiger partial charge in [0.2, 0.25) is 0 Å². The van der Waals surface area contributed by atoms with Crippen molar-refractivity contribution in [3.05, 3.63) is 51.4 Å². The van der Waals surface area contributed by atoms with Crippen LogP contribution in [0.3, 0.4) is 0 Å². The predicted molar refractivity (Wildman–Crippen MR) is 68.8 cm³/mol. The zero-order valence-electron chi connectivity index (χ0n) is 8.98. The molecule has 4 heteroatoms. The van der Waals surface area contributed by atoms with Crippen molar-refractivity contribution in [2.45, 2.75) is 19.5 Å². The normalized spacial score (nSPS) is 12.6. The van der Waals surface area contributed by atoms with Crippen LogP contribution in [0.15, 0.2) is 36.7 Å². The van der Waals surface area contributed by atoms with Gasteiger partial charge in [-0.05, 0) is 36.8 Å². The molecule has 0 aliphatic carbocycles. The molecular formula is C12H13ClN2S. The second-order valence-corrected chi connectivity index (χ2v) is 5.39. The highest BCUT2D eigenvalue weighted by Crippen LogP contribution is 2.22. The summed E-state index contributed by atoms with van der Waals surface area (Å²) in [5.41, 5.74) is 1.25. The van der Waals surface area contributed by atoms with Crippen molar-refractivity contribution < 1.29 is 0 Å². The summed E-state index contributed by atoms with van der Waals surface area (Å²) in [6.45, 7) is 2.99. The van der Waals surface area contributed by atoms with Crippen LogP contribution in [0.4, 0.5) is 0 Å². The Labute approximate surface area is 104 Å². The number of pyridine rings is 1. The minimum Gasteiger partial charge on any atom is -0.305 e. The molecule has 0 amide bonds. The molecule has 2 heterocycles. The first-order valence-electron chi connectivity index (χ1n) is 5.13. The first-order valence-corrected chi connectivity index (χ1v) is 6.32. The molecule has 0 radical (unpaired) electrons. The van der Waals surface area contributed by atoms with Gasteiger partial charge in [-0.3, -0.25) is 4.98 Å². The lowest BCUT2D eigenvalue weighted by molar-refractivity contribution is 0.578. The van der Waals surface area contributed by atoms with Crippen LogP contribution in [0.1, 0.15) is 23.4 Å². The van der Waals surface area contributed by atoms with Crippen molar-refractivity contribution in [2.75, 3.05) is 0 Å². The average Bonchev–Trinajstić information content (AvgIpc) is 2.73. The van der Waals surface area contributed by atoms with E-state index in [9.17, 15) is 0 Å². The Morgan fingerprint density at radius 3 is 2.69 bits per heavy atom. The molecule has 0 unspecified atom stereocenters. The minimum absolute atomic E-state index is 0.323. The van der Waals surface area contributed by atoms with Gasteiger partial charge in [-0.1, -0.05) is 11.6 Å². The van der Waals surface area contributed by atoms with Gasteiger partial charge in [-0.15, -0.1) is 11.3 Å². The summed E-state index contributed by atoms with van der Waals surface area (Å²) < 4.78 is 0.841. The molecule has 1 N–H and O–H groups in total. The SMILES string of the molecule is C[C@@H](NCc1ccc(Cl)s1)c1ccncc1. The lowest BCUT2D eigenvalue weighted by Crippen LogP contribution is -2.17. The van der Waals surface area contributed by atoms with E-state index in [1.807, 2.05) is 30.6 Å². The molecule has 0 bridgehead atoms. The third kappa shape index (κ3) is 3.04. The van der Waals surface area contributed by atoms with Gasteiger partial charge in [0, 0.05) is 29.9 Å². The van der Waals surface area contributed by atoms with Gasteiger partial charge in [0.1, 0.15) is 0 Å². The summed E-state index contributed by atoms with van der Waals surface area (Å²) in [6.07, 6.45) is 3.63. The van der Waals surface area contributed by atoms with E-state index in [4.69, 9.17) is 11.6 Å². The Bertz CT molecular complexity index is 441. The number of hydrogen-bond donors (Lipinski definition) is 1. The van der Waals surface area contributed by atoms with Gasteiger partial charge in [0.15, 0.2) is 0 Å². The van der Waals surface area contributed by atoms with Gasteiger partial charge in [0.25, 0.3) is 0 Å². The monoisotopic (exact) mass is 252 g/mol. The first-order chi connectivity index (χ1) is 7.75. The Morgan fingerprint density at radius 1 is 1.31 bits per heavy atom. The van der Waals surface area contributed by atoms with Crippen molar-refractivity contribution in [1.82, 2.24) is 10.3 Å². The zero-order valence-corrected chi connectivity index (χ0v) is 10.6. The van der Waals surface area contributed by atoms with Crippen LogP contribution in [-0.4, -0.2) is 4.98 Å². The van der Waals surface area contributed by atoms with Crippen LogP contribution in [0, 0.1) is 0 Å². The molecule has 0 aromatic carbocycles. The van der Waals surface area contributed by atoms with E-state index in [2.05, 4.69) is 23.3 Å². The summed E-state index contributed by atoms with van der Waals surface area (Å²) in [5, 5.41) is 3.45. The van der Waals surface area contributed by atoms with Gasteiger partial charge < -0.3 is 5.32 Å². The van der Waals surface area contributed by atoms with E-state index >= 15 is 0 Å². The molecule has 0 aliphatic heterocycles. The molecule has 2 nitrogen and oxygen atoms in total. The fourth-order valence-electron chi connectivity index (χ4n) is 1.47. The molecule has 0 spiro atoms. The van der Waals surface area contributed by atoms with Gasteiger partial charge in [0.05, 0.1) is 4.34 Å². The van der Waals surface area contributed by atoms with E-state index in [-0.39, 0.29) is 0 Å². The summed E-state index contributed by atoms with van der Waals surface area (Å²) >= 11 is 7.49. The molecule has 0 saturated carbocycles. The third-order valence-corrected chi connectivity index (χ3v) is 3.65. The Morgan fingerprint density at radius 2 is 2.06 bits per heavy atom. The molecule has 0 saturated heterocycles. The van der Waals surface area contributed by atoms with E-state index < -0.39 is 0 Å². The highest BCUT2D eigenvalue weighted by Gasteiger charge is 2.05. The second-order valence-electron chi connectivity index (χ2n) is 3.59. The lowest BCUT2D eigenvalue weighted by atomic mass is 10.1. The van der Waals surface area contributed by atoms with Crippen molar-refractivity contribution >= 4 is 22.9 Å². The number of rotatable bonds is 4. The maximum absolute atomic E-state index is 5.88. The highest BCUT2D eigenvalue weighted by atomic mass is 35.5. The van der Waals surface area contributed by atoms with E-state index in [1.54, 1.807) is 11.3 Å². The topological polar surface area (TPSA) is 24.9 Å². The van der Waals surface area contributed by atoms with Gasteiger partial charge in [-0.2, -0.15) is 0 Å². The smallest absolute Gasteiger partial charge is 0.0931 e. The highest BCUT2D eigenvalue weighted by molar-refractivity contribution is 7.16. The van der Waals surface area contributed by atoms with E-state index in [0.29, 0.717) is 6.04 Å². The van der Waals surface area contributed by atoms with Gasteiger partial charge >= 0.3 is 0 Å². The molecule has 2 aromatic heterocycles. The molecule has 2 aromatic rings. The number of hydrogen-bond acceptors (Lipinski definition) is 3. The number of nitrogens with one attached hydrogen (secondary N) is 1. The summed E-state index contributed by atoms with van der Waals surface area (Å²) in [7, 11) is 0. The largest absolute Gasteiger partial charge is 0.305 e. The van der Waals surface area contributed by atoms with Crippen LogP contribution < -0.4 is 5.32 Å². The molecule has 2 rings (SSSR count). The standard InChI is InChI=1S/C12H13ClN2S/c1-9(10-4-6-14-7-5-10)15-8-11-2-3-12(13)16-11/h2-7,9,15H,8H2,1H3/t9-/m1/s1. The first kappa shape index (κ1) is 11.6. The molecular weight excluding hydrogens is 240 g/mol. The number of halogens is 1. The molecule has 0 fully saturated rings. The maximum Gasteiger partial charge on any atom is 0.0931 e. The van der Waals surface area contributed by atoms with Crippen molar-refractivity contribution in [1.29, 1.82) is 0 Å². The van der Waals surface area contributed by atoms with Crippen molar-refractivity contribution in [3.63, 3.8) is 0 Å². The Balaban J connectivity index is 1.91. The summed E-state index contributed by atoms with van der Waals surface area (Å²) in [4.78, 5) is 5.26. The molecule has 1 atom stereocenters. The summed E-state index contributed by atoms with van der Waals surface area (Å²) in [5.74, 6) is 0. The maximum atomic E-state index is 5.88. The number of thiophene rings is 1. The minimum atomic E-state index is 0.323. The van der Waals surface area contributed by atoms with Crippen LogP contribution >= 0.6 is 22.9 Å². The second kappa shape index (κ2) is 5.43. The number of aromatic nitrogens is 1. The Hall–Kier alpha value is -0.900. The van der Waals surface area contributed by atoms with Crippen LogP contribution in [0.5, 0.6) is 0 Å². The Kier molecular flexibility index (Phi) is 3.93. The fraction of sp³-hybridized carbons (Fsp3) is 0.250. The van der Waals surface area contributed by atoms with E-state index in [0.717, 1.165) is 10.9 Å². The zero-order chi connectivity index (χ0) is 11.4. The average molecular weight is 253 g/mol. The lowest BCUT2D eigenvalue weighted by Gasteiger charge is -2.12. The third-order valence-electron chi connectivity index (χ3n) is 2.42. The van der Waals surface area contributed by atoms with Crippen LogP contribution in [0.2, 0.25) is 4.34 Å². The van der Waals surface area contributed by atoms with Crippen LogP contribution in [-0.2, 0) is 6.54 Å². The molecule has 84 valence electrons. The van der Waals surface area contributed by atoms with E-state index in [1.165, 1.54) is 10.4 Å². The molecule has 0 aliphatic rings. The van der Waals surface area contributed by atoms with Crippen molar-refractivity contribution in [2.24, 2.45) is 0 Å². The number of nitrogens with zero attached hydrogens (tertiary/aromatic N) is 1. The van der Waals surface area contributed by atoms with Crippen molar-refractivity contribution in [3.8, 4) is 0 Å². The summed E-state index contributed by atoms with van der Waals surface area (Å²) in [6, 6.07) is 8.36. The fourth-order valence-corrected chi connectivity index (χ4v) is 2.51. The van der Waals surface area contributed by atoms with Crippen LogP contribution in [0.25, 0.3) is 0 Å². The molecule has 16 heavy (non-hydrogen) atoms. The predicted octanol–water partition coefficient (Wildman–Crippen LogP) is 3.65. The van der Waals surface area contributed by atoms with Gasteiger partial charge in [-0.25, -0.2) is 0 Å². The quantitative estimate of drug-likeness (QED) is 0.899.